The normalized spacial score (nSPS) is 10.9. The molecule has 0 aliphatic heterocycles. The molecule has 0 saturated heterocycles. The van der Waals surface area contributed by atoms with E-state index in [0.29, 0.717) is 11.4 Å². The molecule has 122 valence electrons. The number of ether oxygens (including phenoxy) is 1. The van der Waals surface area contributed by atoms with Crippen LogP contribution in [0.2, 0.25) is 0 Å². The van der Waals surface area contributed by atoms with Crippen LogP contribution in [0.15, 0.2) is 48.5 Å². The molecule has 0 unspecified atom stereocenters. The molecule has 0 aliphatic carbocycles. The van der Waals surface area contributed by atoms with Crippen LogP contribution < -0.4 is 14.8 Å². The molecule has 0 spiro atoms. The monoisotopic (exact) mass is 338 g/mol. The van der Waals surface area contributed by atoms with Crippen LogP contribution in [0.25, 0.3) is 0 Å². The van der Waals surface area contributed by atoms with Gasteiger partial charge in [-0.15, -0.1) is 0 Å². The lowest BCUT2D eigenvalue weighted by Gasteiger charge is -2.09. The molecule has 23 heavy (non-hydrogen) atoms. The second kappa shape index (κ2) is 7.10. The third kappa shape index (κ3) is 5.59. The van der Waals surface area contributed by atoms with E-state index in [-0.39, 0.29) is 12.4 Å². The van der Waals surface area contributed by atoms with Crippen LogP contribution in [0.5, 0.6) is 5.75 Å². The summed E-state index contributed by atoms with van der Waals surface area (Å²) < 4.78 is 42.9. The highest BCUT2D eigenvalue weighted by Crippen LogP contribution is 2.16. The molecule has 0 saturated carbocycles. The average molecular weight is 338 g/mol. The van der Waals surface area contributed by atoms with Gasteiger partial charge in [0.05, 0.1) is 6.26 Å². The Labute approximate surface area is 133 Å². The van der Waals surface area contributed by atoms with Gasteiger partial charge in [-0.05, 0) is 36.4 Å². The number of anilines is 2. The molecule has 2 aromatic rings. The highest BCUT2D eigenvalue weighted by molar-refractivity contribution is 7.92. The summed E-state index contributed by atoms with van der Waals surface area (Å²) in [6.07, 6.45) is 1.04. The van der Waals surface area contributed by atoms with E-state index in [1.165, 1.54) is 42.5 Å². The number of carbonyl (C=O) groups excluding carboxylic acids is 1. The van der Waals surface area contributed by atoms with E-state index < -0.39 is 21.7 Å². The Morgan fingerprint density at radius 1 is 1.09 bits per heavy atom. The zero-order valence-corrected chi connectivity index (χ0v) is 13.1. The molecular formula is C15H15FN2O4S. The summed E-state index contributed by atoms with van der Waals surface area (Å²) in [5.41, 5.74) is 0.847. The average Bonchev–Trinajstić information content (AvgIpc) is 2.47. The molecule has 2 aromatic carbocycles. The first kappa shape index (κ1) is 16.8. The van der Waals surface area contributed by atoms with Crippen molar-refractivity contribution in [2.75, 3.05) is 22.9 Å². The fourth-order valence-electron chi connectivity index (χ4n) is 1.74. The molecule has 2 N–H and O–H groups in total. The van der Waals surface area contributed by atoms with Crippen molar-refractivity contribution >= 4 is 27.3 Å². The fourth-order valence-corrected chi connectivity index (χ4v) is 2.30. The standard InChI is InChI=1S/C15H15FN2O4S/c1-23(20,21)18-12-8-6-11(7-9-12)17-15(19)10-22-14-5-3-2-4-13(14)16/h2-9,18H,10H2,1H3,(H,17,19). The number of benzene rings is 2. The van der Waals surface area contributed by atoms with Gasteiger partial charge in [-0.1, -0.05) is 12.1 Å². The Kier molecular flexibility index (Phi) is 5.17. The molecule has 8 heteroatoms. The third-order valence-corrected chi connectivity index (χ3v) is 3.27. The van der Waals surface area contributed by atoms with Crippen LogP contribution in [-0.4, -0.2) is 27.2 Å². The first-order chi connectivity index (χ1) is 10.8. The van der Waals surface area contributed by atoms with Gasteiger partial charge in [0.15, 0.2) is 18.2 Å². The maximum Gasteiger partial charge on any atom is 0.262 e. The van der Waals surface area contributed by atoms with Crippen LogP contribution >= 0.6 is 0 Å². The largest absolute Gasteiger partial charge is 0.481 e. The van der Waals surface area contributed by atoms with Gasteiger partial charge in [-0.2, -0.15) is 0 Å². The van der Waals surface area contributed by atoms with E-state index in [0.717, 1.165) is 6.26 Å². The van der Waals surface area contributed by atoms with Crippen molar-refractivity contribution in [2.45, 2.75) is 0 Å². The zero-order chi connectivity index (χ0) is 16.9. The summed E-state index contributed by atoms with van der Waals surface area (Å²) in [5.74, 6) is -1.01. The van der Waals surface area contributed by atoms with Crippen LogP contribution in [0.4, 0.5) is 15.8 Å². The minimum Gasteiger partial charge on any atom is -0.481 e. The number of amides is 1. The molecular weight excluding hydrogens is 323 g/mol. The van der Waals surface area contributed by atoms with Crippen LogP contribution in [0, 0.1) is 5.82 Å². The Bertz CT molecular complexity index is 791. The fraction of sp³-hybridized carbons (Fsp3) is 0.133. The second-order valence-electron chi connectivity index (χ2n) is 4.72. The highest BCUT2D eigenvalue weighted by atomic mass is 32.2. The molecule has 0 fully saturated rings. The molecule has 2 rings (SSSR count). The number of halogens is 1. The van der Waals surface area contributed by atoms with Gasteiger partial charge < -0.3 is 10.1 Å². The molecule has 0 atom stereocenters. The first-order valence-corrected chi connectivity index (χ1v) is 8.48. The van der Waals surface area contributed by atoms with Crippen molar-refractivity contribution in [2.24, 2.45) is 0 Å². The van der Waals surface area contributed by atoms with Crippen LogP contribution in [0.3, 0.4) is 0 Å². The minimum atomic E-state index is -3.35. The lowest BCUT2D eigenvalue weighted by Crippen LogP contribution is -2.20. The zero-order valence-electron chi connectivity index (χ0n) is 12.2. The molecule has 1 amide bonds. The van der Waals surface area contributed by atoms with Gasteiger partial charge in [-0.3, -0.25) is 9.52 Å². The Hall–Kier alpha value is -2.61. The predicted octanol–water partition coefficient (Wildman–Crippen LogP) is 2.21. The van der Waals surface area contributed by atoms with Gasteiger partial charge in [0.1, 0.15) is 0 Å². The van der Waals surface area contributed by atoms with Crippen molar-refractivity contribution in [1.29, 1.82) is 0 Å². The van der Waals surface area contributed by atoms with Crippen molar-refractivity contribution in [3.05, 3.63) is 54.3 Å². The quantitative estimate of drug-likeness (QED) is 0.846. The van der Waals surface area contributed by atoms with Gasteiger partial charge in [-0.25, -0.2) is 12.8 Å². The van der Waals surface area contributed by atoms with E-state index in [9.17, 15) is 17.6 Å². The number of sulfonamides is 1. The van der Waals surface area contributed by atoms with E-state index in [2.05, 4.69) is 10.0 Å². The Balaban J connectivity index is 1.89. The lowest BCUT2D eigenvalue weighted by molar-refractivity contribution is -0.118. The van der Waals surface area contributed by atoms with Gasteiger partial charge in [0.2, 0.25) is 10.0 Å². The van der Waals surface area contributed by atoms with E-state index in [1.54, 1.807) is 6.07 Å². The van der Waals surface area contributed by atoms with Crippen molar-refractivity contribution < 1.29 is 22.3 Å². The lowest BCUT2D eigenvalue weighted by atomic mass is 10.3. The SMILES string of the molecule is CS(=O)(=O)Nc1ccc(NC(=O)COc2ccccc2F)cc1. The molecule has 6 nitrogen and oxygen atoms in total. The number of hydrogen-bond acceptors (Lipinski definition) is 4. The predicted molar refractivity (Wildman–Crippen MR) is 85.4 cm³/mol. The number of rotatable bonds is 6. The number of nitrogens with one attached hydrogen (secondary N) is 2. The van der Waals surface area contributed by atoms with Gasteiger partial charge in [0, 0.05) is 11.4 Å². The van der Waals surface area contributed by atoms with E-state index in [1.807, 2.05) is 0 Å². The summed E-state index contributed by atoms with van der Waals surface area (Å²) >= 11 is 0. The van der Waals surface area contributed by atoms with Gasteiger partial charge in [0.25, 0.3) is 5.91 Å². The van der Waals surface area contributed by atoms with E-state index in [4.69, 9.17) is 4.74 Å². The summed E-state index contributed by atoms with van der Waals surface area (Å²) in [6, 6.07) is 11.9. The molecule has 0 aromatic heterocycles. The second-order valence-corrected chi connectivity index (χ2v) is 6.47. The van der Waals surface area contributed by atoms with Gasteiger partial charge >= 0.3 is 0 Å². The molecule has 0 radical (unpaired) electrons. The molecule has 0 aliphatic rings. The first-order valence-electron chi connectivity index (χ1n) is 6.58. The third-order valence-electron chi connectivity index (χ3n) is 2.67. The Morgan fingerprint density at radius 2 is 1.70 bits per heavy atom. The summed E-state index contributed by atoms with van der Waals surface area (Å²) in [5, 5.41) is 2.56. The van der Waals surface area contributed by atoms with Crippen molar-refractivity contribution in [3.63, 3.8) is 0 Å². The molecule has 0 heterocycles. The maximum absolute atomic E-state index is 13.3. The van der Waals surface area contributed by atoms with E-state index >= 15 is 0 Å². The summed E-state index contributed by atoms with van der Waals surface area (Å²) in [6.45, 7) is -0.343. The van der Waals surface area contributed by atoms with Crippen molar-refractivity contribution in [1.82, 2.24) is 0 Å². The van der Waals surface area contributed by atoms with Crippen LogP contribution in [-0.2, 0) is 14.8 Å². The number of para-hydroxylation sites is 1. The minimum absolute atomic E-state index is 0.00431. The summed E-state index contributed by atoms with van der Waals surface area (Å²) in [7, 11) is -3.35. The smallest absolute Gasteiger partial charge is 0.262 e. The van der Waals surface area contributed by atoms with Crippen molar-refractivity contribution in [3.8, 4) is 5.75 Å². The highest BCUT2D eigenvalue weighted by Gasteiger charge is 2.07. The molecule has 0 bridgehead atoms. The Morgan fingerprint density at radius 3 is 2.30 bits per heavy atom. The topological polar surface area (TPSA) is 84.5 Å². The van der Waals surface area contributed by atoms with Crippen LogP contribution in [0.1, 0.15) is 0 Å². The summed E-state index contributed by atoms with van der Waals surface area (Å²) in [4.78, 5) is 11.7. The number of carbonyl (C=O) groups is 1. The number of hydrogen-bond donors (Lipinski definition) is 2. The maximum atomic E-state index is 13.3.